The molecule has 2 aromatic rings. The maximum Gasteiger partial charge on any atom is 0.324 e. The van der Waals surface area contributed by atoms with E-state index in [1.165, 1.54) is 12.1 Å². The zero-order valence-corrected chi connectivity index (χ0v) is 11.0. The Kier molecular flexibility index (Phi) is 4.08. The number of amides is 1. The molecule has 100 valence electrons. The highest BCUT2D eigenvalue weighted by atomic mass is 32.1. The molecule has 1 N–H and O–H groups in total. The predicted molar refractivity (Wildman–Crippen MR) is 73.3 cm³/mol. The van der Waals surface area contributed by atoms with E-state index in [9.17, 15) is 14.9 Å². The molecule has 1 aromatic heterocycles. The van der Waals surface area contributed by atoms with Crippen LogP contribution in [0.5, 0.6) is 0 Å². The van der Waals surface area contributed by atoms with Crippen molar-refractivity contribution in [2.75, 3.05) is 0 Å². The molecule has 0 bridgehead atoms. The quantitative estimate of drug-likeness (QED) is 0.690. The van der Waals surface area contributed by atoms with Crippen molar-refractivity contribution in [3.8, 4) is 6.07 Å². The molecule has 1 amide bonds. The van der Waals surface area contributed by atoms with Gasteiger partial charge in [-0.1, -0.05) is 23.5 Å². The summed E-state index contributed by atoms with van der Waals surface area (Å²) in [6.07, 6.45) is 0. The number of nitriles is 1. The van der Waals surface area contributed by atoms with Crippen LogP contribution in [-0.2, 0) is 6.54 Å². The third-order valence-corrected chi connectivity index (χ3v) is 3.57. The predicted octanol–water partition coefficient (Wildman–Crippen LogP) is 2.46. The minimum atomic E-state index is -0.526. The molecule has 0 aliphatic carbocycles. The van der Waals surface area contributed by atoms with Crippen LogP contribution in [0.1, 0.15) is 20.8 Å². The van der Waals surface area contributed by atoms with Crippen molar-refractivity contribution in [2.45, 2.75) is 6.54 Å². The number of nitro groups is 1. The largest absolute Gasteiger partial charge is 0.347 e. The maximum absolute atomic E-state index is 11.8. The van der Waals surface area contributed by atoms with Gasteiger partial charge in [0, 0.05) is 12.6 Å². The number of benzene rings is 1. The molecule has 0 atom stereocenters. The van der Waals surface area contributed by atoms with Gasteiger partial charge in [0.05, 0.1) is 21.4 Å². The SMILES string of the molecule is N#Cc1ccc(CNC(=O)c2ccc([N+](=O)[O-])s2)cc1. The van der Waals surface area contributed by atoms with E-state index in [0.717, 1.165) is 16.9 Å². The van der Waals surface area contributed by atoms with E-state index in [0.29, 0.717) is 17.0 Å². The molecule has 0 aliphatic heterocycles. The molecule has 0 saturated carbocycles. The number of nitrogens with one attached hydrogen (secondary N) is 1. The molecule has 0 unspecified atom stereocenters. The maximum atomic E-state index is 11.8. The molecule has 6 nitrogen and oxygen atoms in total. The van der Waals surface area contributed by atoms with Gasteiger partial charge in [-0.25, -0.2) is 0 Å². The molecule has 0 radical (unpaired) electrons. The summed E-state index contributed by atoms with van der Waals surface area (Å²) in [4.78, 5) is 22.1. The lowest BCUT2D eigenvalue weighted by molar-refractivity contribution is -0.380. The topological polar surface area (TPSA) is 96.0 Å². The average Bonchev–Trinajstić information content (AvgIpc) is 2.95. The van der Waals surface area contributed by atoms with Crippen molar-refractivity contribution >= 4 is 22.2 Å². The highest BCUT2D eigenvalue weighted by Gasteiger charge is 2.14. The molecule has 7 heteroatoms. The Balaban J connectivity index is 1.97. The minimum absolute atomic E-state index is 0.0616. The molecular weight excluding hydrogens is 278 g/mol. The van der Waals surface area contributed by atoms with Crippen molar-refractivity contribution in [3.63, 3.8) is 0 Å². The van der Waals surface area contributed by atoms with E-state index in [4.69, 9.17) is 5.26 Å². The van der Waals surface area contributed by atoms with Crippen molar-refractivity contribution in [1.82, 2.24) is 5.32 Å². The van der Waals surface area contributed by atoms with Gasteiger partial charge in [-0.3, -0.25) is 14.9 Å². The summed E-state index contributed by atoms with van der Waals surface area (Å²) in [7, 11) is 0. The third-order valence-electron chi connectivity index (χ3n) is 2.53. The Labute approximate surface area is 118 Å². The zero-order chi connectivity index (χ0) is 14.5. The standard InChI is InChI=1S/C13H9N3O3S/c14-7-9-1-3-10(4-2-9)8-15-13(17)11-5-6-12(20-11)16(18)19/h1-6H,8H2,(H,15,17). The van der Waals surface area contributed by atoms with Crippen molar-refractivity contribution in [2.24, 2.45) is 0 Å². The van der Waals surface area contributed by atoms with Crippen LogP contribution in [0, 0.1) is 21.4 Å². The first kappa shape index (κ1) is 13.7. The van der Waals surface area contributed by atoms with Crippen LogP contribution in [0.3, 0.4) is 0 Å². The summed E-state index contributed by atoms with van der Waals surface area (Å²) >= 11 is 0.836. The van der Waals surface area contributed by atoms with Gasteiger partial charge in [-0.05, 0) is 23.8 Å². The molecule has 0 saturated heterocycles. The number of nitrogens with zero attached hydrogens (tertiary/aromatic N) is 2. The Morgan fingerprint density at radius 1 is 1.30 bits per heavy atom. The normalized spacial score (nSPS) is 9.75. The second-order valence-electron chi connectivity index (χ2n) is 3.89. The van der Waals surface area contributed by atoms with Gasteiger partial charge in [0.15, 0.2) is 0 Å². The fourth-order valence-corrected chi connectivity index (χ4v) is 2.25. The van der Waals surface area contributed by atoms with Gasteiger partial charge in [0.1, 0.15) is 0 Å². The second-order valence-corrected chi connectivity index (χ2v) is 4.95. The van der Waals surface area contributed by atoms with E-state index < -0.39 is 4.92 Å². The fraction of sp³-hybridized carbons (Fsp3) is 0.0769. The van der Waals surface area contributed by atoms with Crippen molar-refractivity contribution < 1.29 is 9.72 Å². The first-order valence-corrected chi connectivity index (χ1v) is 6.43. The van der Waals surface area contributed by atoms with Crippen LogP contribution in [-0.4, -0.2) is 10.8 Å². The number of hydrogen-bond acceptors (Lipinski definition) is 5. The Morgan fingerprint density at radius 2 is 2.00 bits per heavy atom. The van der Waals surface area contributed by atoms with Crippen molar-refractivity contribution in [1.29, 1.82) is 5.26 Å². The fourth-order valence-electron chi connectivity index (χ4n) is 1.51. The van der Waals surface area contributed by atoms with Gasteiger partial charge < -0.3 is 5.32 Å². The smallest absolute Gasteiger partial charge is 0.324 e. The lowest BCUT2D eigenvalue weighted by Gasteiger charge is -2.03. The lowest BCUT2D eigenvalue weighted by atomic mass is 10.1. The van der Waals surface area contributed by atoms with Crippen LogP contribution < -0.4 is 5.32 Å². The van der Waals surface area contributed by atoms with E-state index in [1.807, 2.05) is 6.07 Å². The van der Waals surface area contributed by atoms with Gasteiger partial charge in [-0.2, -0.15) is 5.26 Å². The third kappa shape index (κ3) is 3.18. The van der Waals surface area contributed by atoms with Gasteiger partial charge in [-0.15, -0.1) is 0 Å². The Hall–Kier alpha value is -2.72. The first-order valence-electron chi connectivity index (χ1n) is 5.61. The number of rotatable bonds is 4. The number of carbonyl (C=O) groups is 1. The van der Waals surface area contributed by atoms with Gasteiger partial charge in [0.25, 0.3) is 5.91 Å². The van der Waals surface area contributed by atoms with Gasteiger partial charge >= 0.3 is 5.00 Å². The van der Waals surface area contributed by atoms with E-state index in [-0.39, 0.29) is 10.9 Å². The first-order chi connectivity index (χ1) is 9.60. The highest BCUT2D eigenvalue weighted by molar-refractivity contribution is 7.17. The molecule has 20 heavy (non-hydrogen) atoms. The van der Waals surface area contributed by atoms with Crippen molar-refractivity contribution in [3.05, 3.63) is 62.5 Å². The summed E-state index contributed by atoms with van der Waals surface area (Å²) in [6.45, 7) is 0.302. The summed E-state index contributed by atoms with van der Waals surface area (Å²) in [6, 6.07) is 11.6. The van der Waals surface area contributed by atoms with Crippen LogP contribution in [0.25, 0.3) is 0 Å². The number of hydrogen-bond donors (Lipinski definition) is 1. The van der Waals surface area contributed by atoms with E-state index in [1.54, 1.807) is 24.3 Å². The summed E-state index contributed by atoms with van der Waals surface area (Å²) < 4.78 is 0. The average molecular weight is 287 g/mol. The number of carbonyl (C=O) groups excluding carboxylic acids is 1. The Bertz CT molecular complexity index is 686. The second kappa shape index (κ2) is 5.95. The summed E-state index contributed by atoms with van der Waals surface area (Å²) in [5.41, 5.74) is 1.40. The molecule has 1 aromatic carbocycles. The Morgan fingerprint density at radius 3 is 2.55 bits per heavy atom. The molecule has 0 spiro atoms. The molecule has 2 rings (SSSR count). The van der Waals surface area contributed by atoms with Crippen LogP contribution in [0.15, 0.2) is 36.4 Å². The van der Waals surface area contributed by atoms with Crippen LogP contribution in [0.2, 0.25) is 0 Å². The monoisotopic (exact) mass is 287 g/mol. The van der Waals surface area contributed by atoms with Crippen LogP contribution >= 0.6 is 11.3 Å². The lowest BCUT2D eigenvalue weighted by Crippen LogP contribution is -2.21. The highest BCUT2D eigenvalue weighted by Crippen LogP contribution is 2.23. The molecular formula is C13H9N3O3S. The molecule has 0 fully saturated rings. The van der Waals surface area contributed by atoms with Gasteiger partial charge in [0.2, 0.25) is 0 Å². The molecule has 1 heterocycles. The van der Waals surface area contributed by atoms with E-state index in [2.05, 4.69) is 5.32 Å². The molecule has 0 aliphatic rings. The van der Waals surface area contributed by atoms with Crippen LogP contribution in [0.4, 0.5) is 5.00 Å². The minimum Gasteiger partial charge on any atom is -0.347 e. The summed E-state index contributed by atoms with van der Waals surface area (Å²) in [5, 5.41) is 21.8. The number of thiophene rings is 1. The zero-order valence-electron chi connectivity index (χ0n) is 10.2. The summed E-state index contributed by atoms with van der Waals surface area (Å²) in [5.74, 6) is -0.354. The van der Waals surface area contributed by atoms with E-state index >= 15 is 0 Å².